The summed E-state index contributed by atoms with van der Waals surface area (Å²) in [5.74, 6) is 4.39. The van der Waals surface area contributed by atoms with Crippen molar-refractivity contribution in [2.24, 2.45) is 17.8 Å². The molecule has 2 heterocycles. The minimum Gasteiger partial charge on any atom is -0.393 e. The molecule has 4 saturated carbocycles. The summed E-state index contributed by atoms with van der Waals surface area (Å²) in [6.07, 6.45) is 12.1. The molecule has 3 N–H and O–H groups in total. The number of hydrogen-bond acceptors (Lipinski definition) is 5. The summed E-state index contributed by atoms with van der Waals surface area (Å²) in [5.41, 5.74) is 10.2. The highest BCUT2D eigenvalue weighted by Gasteiger charge is 2.51. The first kappa shape index (κ1) is 16.6. The van der Waals surface area contributed by atoms with Crippen LogP contribution in [0.1, 0.15) is 50.5 Å². The molecule has 0 spiro atoms. The van der Waals surface area contributed by atoms with Gasteiger partial charge in [0.1, 0.15) is 12.0 Å². The van der Waals surface area contributed by atoms with Crippen molar-refractivity contribution in [3.8, 4) is 0 Å². The lowest BCUT2D eigenvalue weighted by Crippen LogP contribution is -2.55. The molecule has 5 heteroatoms. The van der Waals surface area contributed by atoms with Gasteiger partial charge in [0, 0.05) is 17.8 Å². The van der Waals surface area contributed by atoms with Gasteiger partial charge >= 0.3 is 0 Å². The van der Waals surface area contributed by atoms with E-state index >= 15 is 0 Å². The molecule has 5 nitrogen and oxygen atoms in total. The highest BCUT2D eigenvalue weighted by atomic mass is 15.2. The van der Waals surface area contributed by atoms with E-state index in [9.17, 15) is 0 Å². The number of fused-ring (bicyclic) bond motifs is 1. The van der Waals surface area contributed by atoms with Gasteiger partial charge in [-0.3, -0.25) is 0 Å². The van der Waals surface area contributed by atoms with E-state index in [2.05, 4.69) is 44.5 Å². The number of aromatic nitrogens is 2. The van der Waals surface area contributed by atoms with Crippen LogP contribution >= 0.6 is 0 Å². The minimum absolute atomic E-state index is 0.203. The molecule has 4 bridgehead atoms. The Labute approximate surface area is 166 Å². The Kier molecular flexibility index (Phi) is 3.62. The van der Waals surface area contributed by atoms with E-state index in [4.69, 9.17) is 5.73 Å². The van der Waals surface area contributed by atoms with Crippen LogP contribution in [0.3, 0.4) is 0 Å². The molecular weight excluding hydrogens is 346 g/mol. The van der Waals surface area contributed by atoms with E-state index in [1.54, 1.807) is 6.33 Å². The lowest BCUT2D eigenvalue weighted by Gasteiger charge is -2.57. The maximum absolute atomic E-state index is 6.67. The first-order chi connectivity index (χ1) is 13.7. The van der Waals surface area contributed by atoms with Crippen molar-refractivity contribution in [1.29, 1.82) is 0 Å². The third kappa shape index (κ3) is 2.59. The van der Waals surface area contributed by atoms with Gasteiger partial charge < -0.3 is 16.0 Å². The lowest BCUT2D eigenvalue weighted by molar-refractivity contribution is 0.0106. The fourth-order valence-corrected chi connectivity index (χ4v) is 6.97. The maximum atomic E-state index is 6.67. The standard InChI is InChI=1S/C23H29N5/c24-20-21(27-23-11-15-8-16(12-23)10-17(9-15)13-23)25-14-26-22(20)28-7-3-5-18-4-1-2-6-19(18)28/h1-2,4,6,14-17H,3,5,7-13,24H2,(H,25,26,27). The molecule has 0 unspecified atom stereocenters. The van der Waals surface area contributed by atoms with E-state index in [0.717, 1.165) is 48.8 Å². The van der Waals surface area contributed by atoms with Crippen LogP contribution in [0.25, 0.3) is 0 Å². The monoisotopic (exact) mass is 375 g/mol. The van der Waals surface area contributed by atoms with Gasteiger partial charge in [-0.2, -0.15) is 0 Å². The number of nitrogens with one attached hydrogen (secondary N) is 1. The van der Waals surface area contributed by atoms with Gasteiger partial charge in [0.15, 0.2) is 11.6 Å². The van der Waals surface area contributed by atoms with Gasteiger partial charge in [-0.15, -0.1) is 0 Å². The second-order valence-electron chi connectivity index (χ2n) is 9.67. The van der Waals surface area contributed by atoms with Crippen molar-refractivity contribution in [3.05, 3.63) is 36.2 Å². The molecule has 5 aliphatic rings. The van der Waals surface area contributed by atoms with Crippen molar-refractivity contribution in [2.45, 2.75) is 56.9 Å². The van der Waals surface area contributed by atoms with Crippen LogP contribution in [0.4, 0.5) is 23.0 Å². The summed E-state index contributed by atoms with van der Waals surface area (Å²) in [5, 5.41) is 3.86. The van der Waals surface area contributed by atoms with E-state index in [0.29, 0.717) is 5.69 Å². The zero-order valence-electron chi connectivity index (χ0n) is 16.4. The second kappa shape index (κ2) is 6.10. The molecule has 7 rings (SSSR count). The topological polar surface area (TPSA) is 67.1 Å². The largest absolute Gasteiger partial charge is 0.393 e. The zero-order chi connectivity index (χ0) is 18.7. The smallest absolute Gasteiger partial charge is 0.161 e. The zero-order valence-corrected chi connectivity index (χ0v) is 16.4. The molecule has 4 fully saturated rings. The van der Waals surface area contributed by atoms with Gasteiger partial charge in [0.2, 0.25) is 0 Å². The molecule has 1 aliphatic heterocycles. The van der Waals surface area contributed by atoms with Gasteiger partial charge in [0.05, 0.1) is 0 Å². The minimum atomic E-state index is 0.203. The second-order valence-corrected chi connectivity index (χ2v) is 9.67. The third-order valence-corrected chi connectivity index (χ3v) is 7.65. The number of para-hydroxylation sites is 1. The Morgan fingerprint density at radius 3 is 2.46 bits per heavy atom. The average molecular weight is 376 g/mol. The molecule has 0 radical (unpaired) electrons. The summed E-state index contributed by atoms with van der Waals surface area (Å²) in [7, 11) is 0. The fourth-order valence-electron chi connectivity index (χ4n) is 6.97. The lowest BCUT2D eigenvalue weighted by atomic mass is 9.53. The number of nitrogens with zero attached hydrogens (tertiary/aromatic N) is 3. The first-order valence-corrected chi connectivity index (χ1v) is 10.9. The van der Waals surface area contributed by atoms with E-state index < -0.39 is 0 Å². The normalized spacial score (nSPS) is 33.0. The van der Waals surface area contributed by atoms with Crippen molar-refractivity contribution < 1.29 is 0 Å². The number of rotatable bonds is 3. The number of aryl methyl sites for hydroxylation is 1. The maximum Gasteiger partial charge on any atom is 0.161 e. The van der Waals surface area contributed by atoms with Crippen LogP contribution in [0.5, 0.6) is 0 Å². The molecule has 1 aromatic carbocycles. The summed E-state index contributed by atoms with van der Waals surface area (Å²) in [6, 6.07) is 8.62. The highest BCUT2D eigenvalue weighted by molar-refractivity contribution is 5.80. The quantitative estimate of drug-likeness (QED) is 0.825. The molecule has 0 saturated heterocycles. The molecule has 146 valence electrons. The Morgan fingerprint density at radius 2 is 1.71 bits per heavy atom. The van der Waals surface area contributed by atoms with Gasteiger partial charge in [-0.05, 0) is 80.8 Å². The van der Waals surface area contributed by atoms with Crippen LogP contribution in [0, 0.1) is 17.8 Å². The Balaban J connectivity index is 1.34. The van der Waals surface area contributed by atoms with Crippen molar-refractivity contribution in [3.63, 3.8) is 0 Å². The summed E-state index contributed by atoms with van der Waals surface area (Å²) in [6.45, 7) is 0.953. The summed E-state index contributed by atoms with van der Waals surface area (Å²) in [4.78, 5) is 11.5. The summed E-state index contributed by atoms with van der Waals surface area (Å²) >= 11 is 0. The Bertz CT molecular complexity index is 872. The molecule has 28 heavy (non-hydrogen) atoms. The number of benzene rings is 1. The van der Waals surface area contributed by atoms with Gasteiger partial charge in [-0.25, -0.2) is 9.97 Å². The van der Waals surface area contributed by atoms with E-state index in [1.165, 1.54) is 49.8 Å². The number of nitrogen functional groups attached to an aromatic ring is 1. The Morgan fingerprint density at radius 1 is 1.00 bits per heavy atom. The molecule has 0 amide bonds. The summed E-state index contributed by atoms with van der Waals surface area (Å²) < 4.78 is 0. The highest BCUT2D eigenvalue weighted by Crippen LogP contribution is 2.56. The van der Waals surface area contributed by atoms with Gasteiger partial charge in [0.25, 0.3) is 0 Å². The number of anilines is 4. The van der Waals surface area contributed by atoms with Crippen molar-refractivity contribution in [1.82, 2.24) is 9.97 Å². The average Bonchev–Trinajstić information content (AvgIpc) is 2.68. The van der Waals surface area contributed by atoms with Crippen molar-refractivity contribution >= 4 is 23.0 Å². The predicted molar refractivity (Wildman–Crippen MR) is 113 cm³/mol. The SMILES string of the molecule is Nc1c(NC23CC4CC(CC(C4)C2)C3)ncnc1N1CCCc2ccccc21. The molecular formula is C23H29N5. The van der Waals surface area contributed by atoms with Crippen LogP contribution in [0.15, 0.2) is 30.6 Å². The van der Waals surface area contributed by atoms with Crippen LogP contribution < -0.4 is 16.0 Å². The van der Waals surface area contributed by atoms with Crippen LogP contribution in [-0.2, 0) is 6.42 Å². The molecule has 4 aliphatic carbocycles. The fraction of sp³-hybridized carbons (Fsp3) is 0.565. The van der Waals surface area contributed by atoms with Gasteiger partial charge in [-0.1, -0.05) is 18.2 Å². The van der Waals surface area contributed by atoms with Crippen LogP contribution in [-0.4, -0.2) is 22.1 Å². The van der Waals surface area contributed by atoms with E-state index in [1.807, 2.05) is 0 Å². The van der Waals surface area contributed by atoms with E-state index in [-0.39, 0.29) is 5.54 Å². The predicted octanol–water partition coefficient (Wildman–Crippen LogP) is 4.52. The Hall–Kier alpha value is -2.30. The third-order valence-electron chi connectivity index (χ3n) is 7.65. The number of nitrogens with two attached hydrogens (primary N) is 1. The molecule has 1 aromatic heterocycles. The molecule has 2 aromatic rings. The number of hydrogen-bond donors (Lipinski definition) is 2. The van der Waals surface area contributed by atoms with Crippen LogP contribution in [0.2, 0.25) is 0 Å². The first-order valence-electron chi connectivity index (χ1n) is 10.9. The molecule has 0 atom stereocenters. The van der Waals surface area contributed by atoms with Crippen molar-refractivity contribution in [2.75, 3.05) is 22.5 Å².